The van der Waals surface area contributed by atoms with Gasteiger partial charge in [-0.25, -0.2) is 8.42 Å². The molecule has 0 fully saturated rings. The van der Waals surface area contributed by atoms with Gasteiger partial charge in [-0.15, -0.1) is 23.1 Å². The van der Waals surface area contributed by atoms with E-state index in [2.05, 4.69) is 5.32 Å². The molecule has 0 atom stereocenters. The first-order chi connectivity index (χ1) is 12.9. The van der Waals surface area contributed by atoms with Crippen molar-refractivity contribution in [2.24, 2.45) is 0 Å². The summed E-state index contributed by atoms with van der Waals surface area (Å²) >= 11 is 2.78. The predicted octanol–water partition coefficient (Wildman–Crippen LogP) is 4.55. The minimum absolute atomic E-state index is 0.178. The van der Waals surface area contributed by atoms with E-state index < -0.39 is 10.0 Å². The average Bonchev–Trinajstić information content (AvgIpc) is 3.18. The zero-order valence-corrected chi connectivity index (χ0v) is 17.2. The molecule has 3 rings (SSSR count). The first-order valence-corrected chi connectivity index (χ1v) is 11.5. The Morgan fingerprint density at radius 2 is 1.81 bits per heavy atom. The van der Waals surface area contributed by atoms with E-state index in [9.17, 15) is 13.2 Å². The number of hydrogen-bond donors (Lipinski definition) is 1. The molecule has 0 aliphatic rings. The SMILES string of the molecule is CSc1cccc(NC(=O)c2sccc2N(C)S(=O)(=O)c2ccccc2)c1. The number of hydrogen-bond acceptors (Lipinski definition) is 5. The number of thiophene rings is 1. The van der Waals surface area contributed by atoms with E-state index in [0.29, 0.717) is 16.3 Å². The van der Waals surface area contributed by atoms with E-state index >= 15 is 0 Å². The zero-order chi connectivity index (χ0) is 19.4. The lowest BCUT2D eigenvalue weighted by Gasteiger charge is -2.19. The summed E-state index contributed by atoms with van der Waals surface area (Å²) in [5, 5.41) is 4.55. The molecule has 1 amide bonds. The molecule has 1 N–H and O–H groups in total. The molecule has 1 aromatic heterocycles. The monoisotopic (exact) mass is 418 g/mol. The average molecular weight is 419 g/mol. The van der Waals surface area contributed by atoms with Gasteiger partial charge in [0, 0.05) is 17.6 Å². The molecular weight excluding hydrogens is 400 g/mol. The number of sulfonamides is 1. The molecule has 27 heavy (non-hydrogen) atoms. The Bertz CT molecular complexity index is 1050. The van der Waals surface area contributed by atoms with Crippen LogP contribution < -0.4 is 9.62 Å². The van der Waals surface area contributed by atoms with Crippen molar-refractivity contribution < 1.29 is 13.2 Å². The fourth-order valence-electron chi connectivity index (χ4n) is 2.49. The fourth-order valence-corrected chi connectivity index (χ4v) is 5.05. The van der Waals surface area contributed by atoms with Gasteiger partial charge in [-0.1, -0.05) is 24.3 Å². The highest BCUT2D eigenvalue weighted by atomic mass is 32.2. The van der Waals surface area contributed by atoms with Gasteiger partial charge in [0.25, 0.3) is 15.9 Å². The Kier molecular flexibility index (Phi) is 5.88. The summed E-state index contributed by atoms with van der Waals surface area (Å²) in [6, 6.07) is 17.3. The summed E-state index contributed by atoms with van der Waals surface area (Å²) in [6.07, 6.45) is 1.96. The van der Waals surface area contributed by atoms with Gasteiger partial charge in [-0.3, -0.25) is 9.10 Å². The lowest BCUT2D eigenvalue weighted by molar-refractivity contribution is 0.103. The van der Waals surface area contributed by atoms with Crippen molar-refractivity contribution in [2.45, 2.75) is 9.79 Å². The molecule has 8 heteroatoms. The molecule has 3 aromatic rings. The second-order valence-corrected chi connectivity index (χ2v) is 9.37. The van der Waals surface area contributed by atoms with Crippen molar-refractivity contribution >= 4 is 50.4 Å². The number of nitrogens with one attached hydrogen (secondary N) is 1. The van der Waals surface area contributed by atoms with Gasteiger partial charge < -0.3 is 5.32 Å². The Balaban J connectivity index is 1.88. The van der Waals surface area contributed by atoms with Crippen LogP contribution in [0, 0.1) is 0 Å². The van der Waals surface area contributed by atoms with E-state index in [1.54, 1.807) is 47.5 Å². The van der Waals surface area contributed by atoms with E-state index in [1.807, 2.05) is 24.5 Å². The molecule has 0 aliphatic heterocycles. The van der Waals surface area contributed by atoms with Crippen molar-refractivity contribution in [3.63, 3.8) is 0 Å². The number of nitrogens with zero attached hydrogens (tertiary/aromatic N) is 1. The summed E-state index contributed by atoms with van der Waals surface area (Å²) < 4.78 is 26.8. The largest absolute Gasteiger partial charge is 0.321 e. The molecule has 0 unspecified atom stereocenters. The molecule has 0 spiro atoms. The number of carbonyl (C=O) groups is 1. The van der Waals surface area contributed by atoms with Gasteiger partial charge in [0.2, 0.25) is 0 Å². The van der Waals surface area contributed by atoms with Gasteiger partial charge in [0.15, 0.2) is 0 Å². The molecule has 0 aliphatic carbocycles. The molecule has 2 aromatic carbocycles. The fraction of sp³-hybridized carbons (Fsp3) is 0.105. The van der Waals surface area contributed by atoms with E-state index in [1.165, 1.54) is 30.5 Å². The summed E-state index contributed by atoms with van der Waals surface area (Å²) in [6.45, 7) is 0. The normalized spacial score (nSPS) is 11.2. The molecule has 140 valence electrons. The van der Waals surface area contributed by atoms with Crippen LogP contribution in [0.1, 0.15) is 9.67 Å². The summed E-state index contributed by atoms with van der Waals surface area (Å²) in [5.41, 5.74) is 1.02. The Morgan fingerprint density at radius 3 is 2.52 bits per heavy atom. The van der Waals surface area contributed by atoms with E-state index in [4.69, 9.17) is 0 Å². The molecule has 0 radical (unpaired) electrons. The summed E-state index contributed by atoms with van der Waals surface area (Å²) in [7, 11) is -2.29. The highest BCUT2D eigenvalue weighted by Gasteiger charge is 2.26. The van der Waals surface area contributed by atoms with Crippen LogP contribution in [0.25, 0.3) is 0 Å². The summed E-state index contributed by atoms with van der Waals surface area (Å²) in [5.74, 6) is -0.339. The van der Waals surface area contributed by atoms with Gasteiger partial charge in [0.1, 0.15) is 4.88 Å². The Hall–Kier alpha value is -2.29. The van der Waals surface area contributed by atoms with Crippen LogP contribution in [0.15, 0.2) is 75.8 Å². The maximum atomic E-state index is 12.8. The van der Waals surface area contributed by atoms with Crippen LogP contribution in [0.3, 0.4) is 0 Å². The predicted molar refractivity (Wildman–Crippen MR) is 113 cm³/mol. The number of benzene rings is 2. The quantitative estimate of drug-likeness (QED) is 0.597. The van der Waals surface area contributed by atoms with Crippen molar-refractivity contribution in [3.05, 3.63) is 70.9 Å². The standard InChI is InChI=1S/C19H18N2O3S3/c1-21(27(23,24)16-9-4-3-5-10-16)17-11-12-26-18(17)19(22)20-14-7-6-8-15(13-14)25-2/h3-13H,1-2H3,(H,20,22). The van der Waals surface area contributed by atoms with Crippen molar-refractivity contribution in [1.29, 1.82) is 0 Å². The Morgan fingerprint density at radius 1 is 1.07 bits per heavy atom. The van der Waals surface area contributed by atoms with Gasteiger partial charge in [0.05, 0.1) is 10.6 Å². The van der Waals surface area contributed by atoms with E-state index in [0.717, 1.165) is 9.20 Å². The smallest absolute Gasteiger partial charge is 0.267 e. The number of carbonyl (C=O) groups excluding carboxylic acids is 1. The molecular formula is C19H18N2O3S3. The molecule has 0 bridgehead atoms. The molecule has 5 nitrogen and oxygen atoms in total. The van der Waals surface area contributed by atoms with Crippen LogP contribution >= 0.6 is 23.1 Å². The van der Waals surface area contributed by atoms with Crippen LogP contribution in [0.2, 0.25) is 0 Å². The lowest BCUT2D eigenvalue weighted by Crippen LogP contribution is -2.28. The van der Waals surface area contributed by atoms with Crippen molar-refractivity contribution in [2.75, 3.05) is 22.9 Å². The van der Waals surface area contributed by atoms with E-state index in [-0.39, 0.29) is 10.8 Å². The van der Waals surface area contributed by atoms with Gasteiger partial charge in [-0.05, 0) is 48.0 Å². The second-order valence-electron chi connectivity index (χ2n) is 5.61. The maximum Gasteiger partial charge on any atom is 0.267 e. The third-order valence-corrected chi connectivity index (χ3v) is 7.33. The third kappa shape index (κ3) is 4.18. The minimum atomic E-state index is -3.74. The molecule has 1 heterocycles. The number of anilines is 2. The summed E-state index contributed by atoms with van der Waals surface area (Å²) in [4.78, 5) is 14.3. The second kappa shape index (κ2) is 8.16. The van der Waals surface area contributed by atoms with Crippen LogP contribution in [-0.2, 0) is 10.0 Å². The minimum Gasteiger partial charge on any atom is -0.321 e. The third-order valence-electron chi connectivity index (χ3n) is 3.92. The highest BCUT2D eigenvalue weighted by molar-refractivity contribution is 7.98. The molecule has 0 saturated heterocycles. The van der Waals surface area contributed by atoms with Crippen molar-refractivity contribution in [1.82, 2.24) is 0 Å². The first-order valence-electron chi connectivity index (χ1n) is 8.00. The molecule has 0 saturated carbocycles. The highest BCUT2D eigenvalue weighted by Crippen LogP contribution is 2.30. The van der Waals surface area contributed by atoms with Crippen LogP contribution in [0.4, 0.5) is 11.4 Å². The lowest BCUT2D eigenvalue weighted by atomic mass is 10.3. The topological polar surface area (TPSA) is 66.5 Å². The van der Waals surface area contributed by atoms with Crippen LogP contribution in [0.5, 0.6) is 0 Å². The van der Waals surface area contributed by atoms with Crippen LogP contribution in [-0.4, -0.2) is 27.6 Å². The maximum absolute atomic E-state index is 12.8. The number of thioether (sulfide) groups is 1. The van der Waals surface area contributed by atoms with Crippen molar-refractivity contribution in [3.8, 4) is 0 Å². The Labute approximate surface area is 167 Å². The van der Waals surface area contributed by atoms with Gasteiger partial charge in [-0.2, -0.15) is 0 Å². The first kappa shape index (κ1) is 19.5. The van der Waals surface area contributed by atoms with Gasteiger partial charge >= 0.3 is 0 Å². The number of rotatable bonds is 6. The number of amides is 1. The zero-order valence-electron chi connectivity index (χ0n) is 14.7.